The first-order valence-electron chi connectivity index (χ1n) is 18.4. The van der Waals surface area contributed by atoms with Crippen molar-refractivity contribution in [1.29, 1.82) is 0 Å². The number of halogens is 1. The van der Waals surface area contributed by atoms with Crippen LogP contribution in [-0.2, 0) is 15.7 Å². The summed E-state index contributed by atoms with van der Waals surface area (Å²) in [5.41, 5.74) is 3.69. The molecule has 1 unspecified atom stereocenters. The van der Waals surface area contributed by atoms with Gasteiger partial charge in [-0.25, -0.2) is 0 Å². The molecular weight excluding hydrogens is 821 g/mol. The Hall–Kier alpha value is -4.89. The number of benzene rings is 8. The first-order chi connectivity index (χ1) is 27.2. The molecule has 55 heavy (non-hydrogen) atoms. The molecule has 0 heterocycles. The molecule has 0 aliphatic heterocycles. The van der Waals surface area contributed by atoms with Gasteiger partial charge in [-0.15, -0.1) is 0 Å². The summed E-state index contributed by atoms with van der Waals surface area (Å²) in [4.78, 5) is 0. The molecule has 2 nitrogen and oxygen atoms in total. The van der Waals surface area contributed by atoms with E-state index < -0.39 is 35.1 Å². The van der Waals surface area contributed by atoms with Gasteiger partial charge in [0.25, 0.3) is 0 Å². The van der Waals surface area contributed by atoms with Gasteiger partial charge < -0.3 is 0 Å². The topological polar surface area (TPSA) is 26.3 Å². The molecule has 8 aromatic rings. The van der Waals surface area contributed by atoms with Gasteiger partial charge in [0.05, 0.1) is 0 Å². The van der Waals surface area contributed by atoms with E-state index in [1.54, 1.807) is 0 Å². The Morgan fingerprint density at radius 1 is 0.418 bits per heavy atom. The molecular formula is C50H41IO2P2. The van der Waals surface area contributed by atoms with Gasteiger partial charge in [0, 0.05) is 0 Å². The zero-order valence-corrected chi connectivity index (χ0v) is 34.3. The van der Waals surface area contributed by atoms with Crippen LogP contribution in [0.2, 0.25) is 0 Å². The van der Waals surface area contributed by atoms with Crippen LogP contribution in [0.4, 0.5) is 0 Å². The van der Waals surface area contributed by atoms with Crippen molar-refractivity contribution < 1.29 is 9.09 Å². The molecule has 0 N–H and O–H groups in total. The van der Waals surface area contributed by atoms with Crippen LogP contribution >= 0.6 is 35.1 Å². The summed E-state index contributed by atoms with van der Waals surface area (Å²) < 4.78 is 24.9. The fourth-order valence-electron chi connectivity index (χ4n) is 6.85. The van der Waals surface area contributed by atoms with Gasteiger partial charge in [-0.3, -0.25) is 0 Å². The van der Waals surface area contributed by atoms with Crippen LogP contribution in [0.5, 0.6) is 0 Å². The number of hydrogen-bond acceptors (Lipinski definition) is 2. The summed E-state index contributed by atoms with van der Waals surface area (Å²) in [6.45, 7) is 0.530. The van der Waals surface area contributed by atoms with Crippen LogP contribution in [0.3, 0.4) is 0 Å². The van der Waals surface area contributed by atoms with E-state index in [1.165, 1.54) is 28.9 Å². The monoisotopic (exact) mass is 862 g/mol. The zero-order chi connectivity index (χ0) is 37.3. The fourth-order valence-corrected chi connectivity index (χ4v) is 18.0. The van der Waals surface area contributed by atoms with E-state index in [0.29, 0.717) is 6.61 Å². The molecule has 8 aromatic carbocycles. The van der Waals surface area contributed by atoms with Crippen molar-refractivity contribution >= 4 is 61.6 Å². The molecule has 0 amide bonds. The van der Waals surface area contributed by atoms with Crippen molar-refractivity contribution in [3.8, 4) is 0 Å². The van der Waals surface area contributed by atoms with Gasteiger partial charge in [-0.05, 0) is 0 Å². The second kappa shape index (κ2) is 17.7. The van der Waals surface area contributed by atoms with Crippen molar-refractivity contribution in [3.63, 3.8) is 0 Å². The molecule has 5 heteroatoms. The normalized spacial score (nSPS) is 12.3. The van der Waals surface area contributed by atoms with Crippen molar-refractivity contribution in [2.75, 3.05) is 0 Å². The Labute approximate surface area is 333 Å². The van der Waals surface area contributed by atoms with E-state index in [1.807, 2.05) is 60.7 Å². The SMILES string of the molecule is O=P(c1ccccc1)(c1ccccc1)c1ccc(C(c2ccccc2)I(c2ccccc2)c2ccc(COP(c3ccccc3)c3ccccc3)cc2)cc1. The Morgan fingerprint density at radius 2 is 0.800 bits per heavy atom. The predicted molar refractivity (Wildman–Crippen MR) is 242 cm³/mol. The van der Waals surface area contributed by atoms with Crippen LogP contribution in [0.25, 0.3) is 0 Å². The maximum absolute atomic E-state index is 15.2. The predicted octanol–water partition coefficient (Wildman–Crippen LogP) is 11.2. The molecule has 270 valence electrons. The molecule has 0 spiro atoms. The van der Waals surface area contributed by atoms with Crippen LogP contribution in [-0.4, -0.2) is 0 Å². The minimum absolute atomic E-state index is 0.154. The Balaban J connectivity index is 1.15. The minimum atomic E-state index is -3.10. The third-order valence-corrected chi connectivity index (χ3v) is 21.4. The summed E-state index contributed by atoms with van der Waals surface area (Å²) in [6.07, 6.45) is 0. The Bertz CT molecular complexity index is 2350. The van der Waals surface area contributed by atoms with Gasteiger partial charge in [0.2, 0.25) is 0 Å². The van der Waals surface area contributed by atoms with Gasteiger partial charge in [0.1, 0.15) is 0 Å². The van der Waals surface area contributed by atoms with Crippen molar-refractivity contribution in [2.24, 2.45) is 0 Å². The molecule has 0 bridgehead atoms. The second-order valence-electron chi connectivity index (χ2n) is 13.1. The zero-order valence-electron chi connectivity index (χ0n) is 30.3. The number of alkyl halides is 1. The standard InChI is InChI=1S/C50H41IO2P2/c52-55(47-27-15-5-16-28-47,48-29-17-6-18-30-48)49-37-33-42(34-38-49)50(41-19-7-1-8-20-41)51(43-21-9-2-10-22-43)44-35-31-40(32-36-44)39-53-54(45-23-11-3-12-24-45)46-25-13-4-14-26-46/h1-38,50H,39H2. The van der Waals surface area contributed by atoms with Crippen LogP contribution in [0.1, 0.15) is 20.6 Å². The Kier molecular flexibility index (Phi) is 11.9. The van der Waals surface area contributed by atoms with Crippen LogP contribution < -0.4 is 26.5 Å². The van der Waals surface area contributed by atoms with Gasteiger partial charge in [-0.1, -0.05) is 0 Å². The fraction of sp³-hybridized carbons (Fsp3) is 0.0400. The maximum atomic E-state index is 15.2. The molecule has 0 fully saturated rings. The molecule has 0 aliphatic carbocycles. The number of rotatable bonds is 13. The van der Waals surface area contributed by atoms with Gasteiger partial charge in [-0.2, -0.15) is 0 Å². The van der Waals surface area contributed by atoms with E-state index in [2.05, 4.69) is 170 Å². The molecule has 0 aliphatic rings. The molecule has 1 atom stereocenters. The first-order valence-corrected chi connectivity index (χ1v) is 24.8. The van der Waals surface area contributed by atoms with E-state index in [9.17, 15) is 0 Å². The molecule has 0 saturated carbocycles. The average molecular weight is 863 g/mol. The van der Waals surface area contributed by atoms with E-state index in [0.717, 1.165) is 21.5 Å². The molecule has 8 rings (SSSR count). The quantitative estimate of drug-likeness (QED) is 0.0656. The van der Waals surface area contributed by atoms with Crippen LogP contribution in [0.15, 0.2) is 231 Å². The summed E-state index contributed by atoms with van der Waals surface area (Å²) in [5, 5.41) is 4.94. The molecule has 0 saturated heterocycles. The van der Waals surface area contributed by atoms with E-state index in [-0.39, 0.29) is 3.92 Å². The second-order valence-corrected chi connectivity index (χ2v) is 23.3. The summed E-state index contributed by atoms with van der Waals surface area (Å²) in [6, 6.07) is 80.8. The number of hydrogen-bond donors (Lipinski definition) is 0. The van der Waals surface area contributed by atoms with Crippen LogP contribution in [0, 0.1) is 7.14 Å². The van der Waals surface area contributed by atoms with Crippen molar-refractivity contribution in [3.05, 3.63) is 254 Å². The van der Waals surface area contributed by atoms with Gasteiger partial charge >= 0.3 is 336 Å². The molecule has 0 radical (unpaired) electrons. The van der Waals surface area contributed by atoms with Crippen molar-refractivity contribution in [2.45, 2.75) is 10.5 Å². The summed E-state index contributed by atoms with van der Waals surface area (Å²) in [7, 11) is -4.05. The van der Waals surface area contributed by atoms with Gasteiger partial charge in [0.15, 0.2) is 0 Å². The van der Waals surface area contributed by atoms with Crippen molar-refractivity contribution in [1.82, 2.24) is 0 Å². The first kappa shape index (κ1) is 37.1. The third-order valence-electron chi connectivity index (χ3n) is 9.56. The van der Waals surface area contributed by atoms with E-state index >= 15 is 4.57 Å². The summed E-state index contributed by atoms with van der Waals surface area (Å²) >= 11 is -2.21. The molecule has 0 aromatic heterocycles. The third kappa shape index (κ3) is 8.37. The summed E-state index contributed by atoms with van der Waals surface area (Å²) in [5.74, 6) is 0. The van der Waals surface area contributed by atoms with E-state index in [4.69, 9.17) is 4.52 Å². The average Bonchev–Trinajstić information content (AvgIpc) is 3.28. The Morgan fingerprint density at radius 3 is 1.29 bits per heavy atom.